The van der Waals surface area contributed by atoms with Gasteiger partial charge in [-0.2, -0.15) is 0 Å². The van der Waals surface area contributed by atoms with E-state index in [1.54, 1.807) is 30.3 Å². The maximum atomic E-state index is 10.2. The number of halogens is 3. The molecule has 2 rings (SSSR count). The summed E-state index contributed by atoms with van der Waals surface area (Å²) in [6.07, 6.45) is -0.679. The van der Waals surface area contributed by atoms with Gasteiger partial charge in [-0.3, -0.25) is 0 Å². The zero-order valence-corrected chi connectivity index (χ0v) is 12.4. The van der Waals surface area contributed by atoms with Crippen LogP contribution < -0.4 is 0 Å². The predicted octanol–water partition coefficient (Wildman–Crippen LogP) is 4.68. The first kappa shape index (κ1) is 13.1. The lowest BCUT2D eigenvalue weighted by Crippen LogP contribution is -1.99. The van der Waals surface area contributed by atoms with E-state index < -0.39 is 6.10 Å². The normalized spacial score (nSPS) is 12.5. The average Bonchev–Trinajstić information content (AvgIpc) is 2.33. The van der Waals surface area contributed by atoms with E-state index in [1.165, 1.54) is 0 Å². The van der Waals surface area contributed by atoms with Crippen molar-refractivity contribution in [1.82, 2.24) is 0 Å². The molecule has 1 atom stereocenters. The molecule has 2 aromatic carbocycles. The Bertz CT molecular complexity index is 525. The lowest BCUT2D eigenvalue weighted by atomic mass is 10.0. The second kappa shape index (κ2) is 5.57. The van der Waals surface area contributed by atoms with E-state index in [1.807, 2.05) is 12.1 Å². The highest BCUT2D eigenvalue weighted by atomic mass is 127. The van der Waals surface area contributed by atoms with E-state index in [9.17, 15) is 5.11 Å². The predicted molar refractivity (Wildman–Crippen MR) is 79.7 cm³/mol. The van der Waals surface area contributed by atoms with Crippen molar-refractivity contribution in [2.45, 2.75) is 6.10 Å². The van der Waals surface area contributed by atoms with Crippen molar-refractivity contribution in [3.8, 4) is 0 Å². The first-order chi connectivity index (χ1) is 8.08. The maximum absolute atomic E-state index is 10.2. The van der Waals surface area contributed by atoms with Crippen molar-refractivity contribution >= 4 is 45.8 Å². The summed E-state index contributed by atoms with van der Waals surface area (Å²) in [5.74, 6) is 0. The van der Waals surface area contributed by atoms with E-state index in [0.717, 1.165) is 14.7 Å². The van der Waals surface area contributed by atoms with Gasteiger partial charge >= 0.3 is 0 Å². The zero-order chi connectivity index (χ0) is 12.4. The molecule has 17 heavy (non-hydrogen) atoms. The molecule has 0 aliphatic heterocycles. The second-order valence-electron chi connectivity index (χ2n) is 3.63. The average molecular weight is 379 g/mol. The smallest absolute Gasteiger partial charge is 0.104 e. The summed E-state index contributed by atoms with van der Waals surface area (Å²) in [5.41, 5.74) is 1.57. The monoisotopic (exact) mass is 378 g/mol. The number of aliphatic hydroxyl groups excluding tert-OH is 1. The molecule has 0 saturated carbocycles. The lowest BCUT2D eigenvalue weighted by Gasteiger charge is -2.12. The quantitative estimate of drug-likeness (QED) is 0.752. The second-order valence-corrected chi connectivity index (χ2v) is 5.63. The Morgan fingerprint density at radius 3 is 2.12 bits per heavy atom. The highest BCUT2D eigenvalue weighted by molar-refractivity contribution is 14.1. The molecule has 0 amide bonds. The molecule has 0 aromatic heterocycles. The van der Waals surface area contributed by atoms with Crippen LogP contribution in [0.15, 0.2) is 42.5 Å². The molecule has 0 bridgehead atoms. The third-order valence-electron chi connectivity index (χ3n) is 2.45. The van der Waals surface area contributed by atoms with Crippen molar-refractivity contribution in [3.05, 3.63) is 67.2 Å². The number of rotatable bonds is 2. The van der Waals surface area contributed by atoms with Gasteiger partial charge in [0.15, 0.2) is 0 Å². The summed E-state index contributed by atoms with van der Waals surface area (Å²) >= 11 is 14.0. The Hall–Kier alpha value is -0.290. The van der Waals surface area contributed by atoms with Crippen molar-refractivity contribution < 1.29 is 5.11 Å². The molecule has 0 spiro atoms. The van der Waals surface area contributed by atoms with Crippen LogP contribution in [0, 0.1) is 3.57 Å². The maximum Gasteiger partial charge on any atom is 0.104 e. The summed E-state index contributed by atoms with van der Waals surface area (Å²) in [6.45, 7) is 0. The summed E-state index contributed by atoms with van der Waals surface area (Å²) < 4.78 is 0.969. The topological polar surface area (TPSA) is 20.2 Å². The molecule has 1 N–H and O–H groups in total. The van der Waals surface area contributed by atoms with Crippen LogP contribution in [0.2, 0.25) is 10.0 Å². The van der Waals surface area contributed by atoms with Gasteiger partial charge in [-0.05, 0) is 58.0 Å². The molecule has 0 aliphatic rings. The first-order valence-corrected chi connectivity index (χ1v) is 6.80. The zero-order valence-electron chi connectivity index (χ0n) is 8.70. The summed E-state index contributed by atoms with van der Waals surface area (Å²) in [6, 6.07) is 12.7. The third kappa shape index (κ3) is 3.13. The van der Waals surface area contributed by atoms with E-state index in [-0.39, 0.29) is 0 Å². The fourth-order valence-electron chi connectivity index (χ4n) is 1.52. The molecular weight excluding hydrogens is 370 g/mol. The van der Waals surface area contributed by atoms with E-state index in [2.05, 4.69) is 22.6 Å². The minimum absolute atomic E-state index is 0.649. The molecule has 4 heteroatoms. The van der Waals surface area contributed by atoms with E-state index in [0.29, 0.717) is 10.0 Å². The van der Waals surface area contributed by atoms with Gasteiger partial charge < -0.3 is 5.11 Å². The van der Waals surface area contributed by atoms with Gasteiger partial charge in [-0.1, -0.05) is 41.4 Å². The summed E-state index contributed by atoms with van der Waals surface area (Å²) in [7, 11) is 0. The van der Waals surface area contributed by atoms with Crippen LogP contribution in [-0.2, 0) is 0 Å². The van der Waals surface area contributed by atoms with Crippen LogP contribution in [0.4, 0.5) is 0 Å². The molecule has 0 heterocycles. The van der Waals surface area contributed by atoms with Crippen LogP contribution in [0.3, 0.4) is 0 Å². The van der Waals surface area contributed by atoms with Crippen molar-refractivity contribution in [1.29, 1.82) is 0 Å². The highest BCUT2D eigenvalue weighted by Gasteiger charge is 2.11. The molecule has 0 saturated heterocycles. The number of benzene rings is 2. The minimum atomic E-state index is -0.679. The van der Waals surface area contributed by atoms with Crippen molar-refractivity contribution in [2.24, 2.45) is 0 Å². The molecule has 1 nitrogen and oxygen atoms in total. The van der Waals surface area contributed by atoms with Gasteiger partial charge in [0.05, 0.1) is 5.02 Å². The number of hydrogen-bond acceptors (Lipinski definition) is 1. The van der Waals surface area contributed by atoms with Crippen molar-refractivity contribution in [3.63, 3.8) is 0 Å². The summed E-state index contributed by atoms with van der Waals surface area (Å²) in [4.78, 5) is 0. The Labute approximate surface area is 124 Å². The Balaban J connectivity index is 2.33. The fourth-order valence-corrected chi connectivity index (χ4v) is 2.17. The molecule has 0 fully saturated rings. The van der Waals surface area contributed by atoms with Gasteiger partial charge in [-0.25, -0.2) is 0 Å². The number of hydrogen-bond donors (Lipinski definition) is 1. The van der Waals surface area contributed by atoms with Crippen LogP contribution in [0.5, 0.6) is 0 Å². The SMILES string of the molecule is OC(c1ccc(Cl)cc1)c1ccc(I)c(Cl)c1. The van der Waals surface area contributed by atoms with Gasteiger partial charge in [0, 0.05) is 8.59 Å². The summed E-state index contributed by atoms with van der Waals surface area (Å²) in [5, 5.41) is 11.5. The van der Waals surface area contributed by atoms with E-state index in [4.69, 9.17) is 23.2 Å². The fraction of sp³-hybridized carbons (Fsp3) is 0.0769. The Morgan fingerprint density at radius 2 is 1.53 bits per heavy atom. The largest absolute Gasteiger partial charge is 0.384 e. The first-order valence-electron chi connectivity index (χ1n) is 4.96. The van der Waals surface area contributed by atoms with Crippen LogP contribution in [0.1, 0.15) is 17.2 Å². The molecule has 1 unspecified atom stereocenters. The molecule has 0 radical (unpaired) electrons. The standard InChI is InChI=1S/C13H9Cl2IO/c14-10-4-1-8(2-5-10)13(17)9-3-6-12(16)11(15)7-9/h1-7,13,17H. The molecule has 0 aliphatic carbocycles. The third-order valence-corrected chi connectivity index (χ3v) is 4.27. The van der Waals surface area contributed by atoms with Crippen molar-refractivity contribution in [2.75, 3.05) is 0 Å². The van der Waals surface area contributed by atoms with Gasteiger partial charge in [-0.15, -0.1) is 0 Å². The molecule has 2 aromatic rings. The molecular formula is C13H9Cl2IO. The highest BCUT2D eigenvalue weighted by Crippen LogP contribution is 2.27. The van der Waals surface area contributed by atoms with Gasteiger partial charge in [0.1, 0.15) is 6.10 Å². The molecule has 88 valence electrons. The Morgan fingerprint density at radius 1 is 0.941 bits per heavy atom. The van der Waals surface area contributed by atoms with Gasteiger partial charge in [0.25, 0.3) is 0 Å². The van der Waals surface area contributed by atoms with Gasteiger partial charge in [0.2, 0.25) is 0 Å². The van der Waals surface area contributed by atoms with E-state index >= 15 is 0 Å². The minimum Gasteiger partial charge on any atom is -0.384 e. The lowest BCUT2D eigenvalue weighted by molar-refractivity contribution is 0.220. The number of aliphatic hydroxyl groups is 1. The van der Waals surface area contributed by atoms with Crippen LogP contribution in [-0.4, -0.2) is 5.11 Å². The van der Waals surface area contributed by atoms with Crippen LogP contribution in [0.25, 0.3) is 0 Å². The Kier molecular flexibility index (Phi) is 4.31. The van der Waals surface area contributed by atoms with Crippen LogP contribution >= 0.6 is 45.8 Å².